The Labute approximate surface area is 132 Å². The van der Waals surface area contributed by atoms with E-state index < -0.39 is 23.0 Å². The van der Waals surface area contributed by atoms with Gasteiger partial charge in [-0.3, -0.25) is 0 Å². The Morgan fingerprint density at radius 2 is 1.81 bits per heavy atom. The highest BCUT2D eigenvalue weighted by molar-refractivity contribution is 6.39. The van der Waals surface area contributed by atoms with Crippen LogP contribution in [-0.2, 0) is 9.53 Å². The van der Waals surface area contributed by atoms with Crippen LogP contribution in [-0.4, -0.2) is 23.2 Å². The molecule has 2 N–H and O–H groups in total. The Bertz CT molecular complexity index is 541. The summed E-state index contributed by atoms with van der Waals surface area (Å²) in [4.78, 5) is 15.3. The van der Waals surface area contributed by atoms with Gasteiger partial charge in [-0.15, -0.1) is 0 Å². The van der Waals surface area contributed by atoms with Crippen molar-refractivity contribution < 1.29 is 18.7 Å². The maximum absolute atomic E-state index is 13.4. The molecule has 0 aliphatic heterocycles. The first-order chi connectivity index (χ1) is 9.65. The zero-order valence-electron chi connectivity index (χ0n) is 12.1. The van der Waals surface area contributed by atoms with Gasteiger partial charge in [0.1, 0.15) is 16.1 Å². The van der Waals surface area contributed by atoms with E-state index in [1.54, 1.807) is 6.92 Å². The summed E-state index contributed by atoms with van der Waals surface area (Å²) >= 11 is 11.4. The Hall–Kier alpha value is -1.27. The van der Waals surface area contributed by atoms with Gasteiger partial charge in [0.15, 0.2) is 6.10 Å². The lowest BCUT2D eigenvalue weighted by atomic mass is 10.1. The van der Waals surface area contributed by atoms with Crippen LogP contribution in [0.3, 0.4) is 0 Å². The molecule has 0 radical (unpaired) electrons. The first-order valence-electron chi connectivity index (χ1n) is 6.32. The lowest BCUT2D eigenvalue weighted by Gasteiger charge is -2.20. The Balaban J connectivity index is 2.84. The average Bonchev–Trinajstić information content (AvgIpc) is 2.41. The minimum atomic E-state index is -1.02. The topological polar surface area (TPSA) is 74.4 Å². The zero-order chi connectivity index (χ0) is 16.3. The number of carbonyl (C=O) groups is 1. The van der Waals surface area contributed by atoms with E-state index in [1.165, 1.54) is 6.92 Å². The predicted octanol–water partition coefficient (Wildman–Crippen LogP) is 3.46. The molecular weight excluding hydrogens is 322 g/mol. The third-order valence-electron chi connectivity index (χ3n) is 2.90. The highest BCUT2D eigenvalue weighted by atomic mass is 35.5. The van der Waals surface area contributed by atoms with Crippen LogP contribution in [0.1, 0.15) is 27.7 Å². The third-order valence-corrected chi connectivity index (χ3v) is 3.63. The Kier molecular flexibility index (Phi) is 6.04. The minimum Gasteiger partial charge on any atom is -0.461 e. The van der Waals surface area contributed by atoms with Crippen molar-refractivity contribution in [2.75, 3.05) is 5.73 Å². The van der Waals surface area contributed by atoms with Crippen LogP contribution < -0.4 is 10.5 Å². The predicted molar refractivity (Wildman–Crippen MR) is 79.1 cm³/mol. The van der Waals surface area contributed by atoms with E-state index in [4.69, 9.17) is 38.4 Å². The molecule has 0 bridgehead atoms. The monoisotopic (exact) mass is 338 g/mol. The van der Waals surface area contributed by atoms with Crippen molar-refractivity contribution in [3.63, 3.8) is 0 Å². The Morgan fingerprint density at radius 1 is 1.24 bits per heavy atom. The molecule has 1 heterocycles. The number of halogens is 3. The quantitative estimate of drug-likeness (QED) is 0.657. The van der Waals surface area contributed by atoms with E-state index in [9.17, 15) is 9.18 Å². The van der Waals surface area contributed by atoms with Crippen LogP contribution in [0.4, 0.5) is 10.1 Å². The first kappa shape index (κ1) is 17.8. The number of esters is 1. The molecule has 0 spiro atoms. The molecule has 2 atom stereocenters. The molecule has 0 aromatic carbocycles. The van der Waals surface area contributed by atoms with Crippen LogP contribution in [0.2, 0.25) is 10.0 Å². The second kappa shape index (κ2) is 7.13. The lowest BCUT2D eigenvalue weighted by Crippen LogP contribution is -2.31. The molecule has 0 aliphatic rings. The van der Waals surface area contributed by atoms with Gasteiger partial charge in [-0.25, -0.2) is 4.79 Å². The SMILES string of the molecule is CC(C)C(C)OC(=O)[C@@H](C)Oc1nc(F)c(Cl)c(N)c1Cl. The van der Waals surface area contributed by atoms with Crippen LogP contribution >= 0.6 is 23.2 Å². The number of pyridine rings is 1. The molecule has 0 amide bonds. The summed E-state index contributed by atoms with van der Waals surface area (Å²) in [6.45, 7) is 7.03. The van der Waals surface area contributed by atoms with Gasteiger partial charge in [0.25, 0.3) is 0 Å². The molecule has 1 rings (SSSR count). The Morgan fingerprint density at radius 3 is 2.33 bits per heavy atom. The molecule has 118 valence electrons. The normalized spacial score (nSPS) is 13.9. The smallest absolute Gasteiger partial charge is 0.347 e. The van der Waals surface area contributed by atoms with Crippen molar-refractivity contribution >= 4 is 34.9 Å². The summed E-state index contributed by atoms with van der Waals surface area (Å²) in [7, 11) is 0. The second-order valence-electron chi connectivity index (χ2n) is 4.90. The summed E-state index contributed by atoms with van der Waals surface area (Å²) in [5.74, 6) is -1.78. The summed E-state index contributed by atoms with van der Waals surface area (Å²) < 4.78 is 23.8. The molecule has 1 aromatic rings. The van der Waals surface area contributed by atoms with Crippen molar-refractivity contribution in [2.24, 2.45) is 5.92 Å². The van der Waals surface area contributed by atoms with E-state index in [2.05, 4.69) is 4.98 Å². The molecular formula is C13H17Cl2FN2O3. The summed E-state index contributed by atoms with van der Waals surface area (Å²) in [6, 6.07) is 0. The van der Waals surface area contributed by atoms with Gasteiger partial charge < -0.3 is 15.2 Å². The first-order valence-corrected chi connectivity index (χ1v) is 7.07. The van der Waals surface area contributed by atoms with Gasteiger partial charge in [-0.2, -0.15) is 9.37 Å². The number of nitrogens with two attached hydrogens (primary N) is 1. The van der Waals surface area contributed by atoms with E-state index in [-0.39, 0.29) is 28.6 Å². The van der Waals surface area contributed by atoms with Crippen LogP contribution in [0, 0.1) is 11.9 Å². The fraction of sp³-hybridized carbons (Fsp3) is 0.538. The number of carbonyl (C=O) groups excluding carboxylic acids is 1. The molecule has 0 fully saturated rings. The van der Waals surface area contributed by atoms with Gasteiger partial charge in [0, 0.05) is 0 Å². The van der Waals surface area contributed by atoms with E-state index in [0.29, 0.717) is 0 Å². The van der Waals surface area contributed by atoms with Gasteiger partial charge in [-0.05, 0) is 19.8 Å². The molecule has 8 heteroatoms. The molecule has 0 aliphatic carbocycles. The second-order valence-corrected chi connectivity index (χ2v) is 5.65. The van der Waals surface area contributed by atoms with E-state index in [0.717, 1.165) is 0 Å². The maximum Gasteiger partial charge on any atom is 0.347 e. The summed E-state index contributed by atoms with van der Waals surface area (Å²) in [5.41, 5.74) is 5.32. The average molecular weight is 339 g/mol. The van der Waals surface area contributed by atoms with Crippen molar-refractivity contribution in [3.05, 3.63) is 16.0 Å². The molecule has 0 saturated carbocycles. The van der Waals surface area contributed by atoms with Gasteiger partial charge in [0.05, 0.1) is 5.69 Å². The number of rotatable bonds is 5. The number of anilines is 1. The lowest BCUT2D eigenvalue weighted by molar-refractivity contribution is -0.157. The number of ether oxygens (including phenoxy) is 2. The van der Waals surface area contributed by atoms with Crippen LogP contribution in [0.15, 0.2) is 0 Å². The highest BCUT2D eigenvalue weighted by Gasteiger charge is 2.24. The zero-order valence-corrected chi connectivity index (χ0v) is 13.6. The molecule has 0 saturated heterocycles. The number of nitrogen functional groups attached to an aromatic ring is 1. The number of aromatic nitrogens is 1. The molecule has 1 aromatic heterocycles. The summed E-state index contributed by atoms with van der Waals surface area (Å²) in [5, 5.41) is -0.547. The van der Waals surface area contributed by atoms with E-state index >= 15 is 0 Å². The highest BCUT2D eigenvalue weighted by Crippen LogP contribution is 2.35. The van der Waals surface area contributed by atoms with Crippen LogP contribution in [0.25, 0.3) is 0 Å². The van der Waals surface area contributed by atoms with Crippen molar-refractivity contribution in [2.45, 2.75) is 39.9 Å². The molecule has 21 heavy (non-hydrogen) atoms. The maximum atomic E-state index is 13.4. The number of nitrogens with zero attached hydrogens (tertiary/aromatic N) is 1. The van der Waals surface area contributed by atoms with Crippen LogP contribution in [0.5, 0.6) is 5.88 Å². The fourth-order valence-electron chi connectivity index (χ4n) is 1.22. The van der Waals surface area contributed by atoms with Crippen molar-refractivity contribution in [1.82, 2.24) is 4.98 Å². The summed E-state index contributed by atoms with van der Waals surface area (Å²) in [6.07, 6.45) is -1.30. The van der Waals surface area contributed by atoms with Gasteiger partial charge >= 0.3 is 5.97 Å². The number of hydrogen-bond donors (Lipinski definition) is 1. The molecule has 1 unspecified atom stereocenters. The fourth-order valence-corrected chi connectivity index (χ4v) is 1.59. The van der Waals surface area contributed by atoms with Crippen molar-refractivity contribution in [1.29, 1.82) is 0 Å². The standard InChI is InChI=1S/C13H17Cl2FN2O3/c1-5(2)6(3)21-13(19)7(4)20-12-9(15)10(17)8(14)11(16)18-12/h5-7H,1-4H3,(H2,17,18)/t6?,7-/m1/s1. The molecule has 5 nitrogen and oxygen atoms in total. The number of hydrogen-bond acceptors (Lipinski definition) is 5. The van der Waals surface area contributed by atoms with Crippen molar-refractivity contribution in [3.8, 4) is 5.88 Å². The van der Waals surface area contributed by atoms with E-state index in [1.807, 2.05) is 13.8 Å². The van der Waals surface area contributed by atoms with Gasteiger partial charge in [-0.1, -0.05) is 37.0 Å². The van der Waals surface area contributed by atoms with Gasteiger partial charge in [0.2, 0.25) is 11.8 Å². The third kappa shape index (κ3) is 4.35. The largest absolute Gasteiger partial charge is 0.461 e. The minimum absolute atomic E-state index is 0.155.